The fourth-order valence-electron chi connectivity index (χ4n) is 3.07. The van der Waals surface area contributed by atoms with Crippen LogP contribution in [0.15, 0.2) is 41.7 Å². The van der Waals surface area contributed by atoms with Crippen LogP contribution >= 0.6 is 11.8 Å². The lowest BCUT2D eigenvalue weighted by Gasteiger charge is -2.18. The minimum atomic E-state index is -0.124. The molecule has 7 heteroatoms. The molecule has 2 unspecified atom stereocenters. The highest BCUT2D eigenvalue weighted by molar-refractivity contribution is 7.99. The molecule has 2 aliphatic rings. The van der Waals surface area contributed by atoms with Crippen LogP contribution in [-0.4, -0.2) is 27.8 Å². The van der Waals surface area contributed by atoms with E-state index in [1.807, 2.05) is 36.5 Å². The number of thioether (sulfide) groups is 1. The van der Waals surface area contributed by atoms with Gasteiger partial charge in [-0.3, -0.25) is 10.2 Å². The van der Waals surface area contributed by atoms with Crippen LogP contribution in [0.1, 0.15) is 17.3 Å². The van der Waals surface area contributed by atoms with Crippen LogP contribution in [0, 0.1) is 5.92 Å². The highest BCUT2D eigenvalue weighted by Gasteiger charge is 2.33. The highest BCUT2D eigenvalue weighted by Crippen LogP contribution is 2.26. The Hall–Kier alpha value is -1.83. The van der Waals surface area contributed by atoms with Gasteiger partial charge in [-0.1, -0.05) is 42.1 Å². The highest BCUT2D eigenvalue weighted by atomic mass is 32.2. The van der Waals surface area contributed by atoms with Crippen LogP contribution in [0.5, 0.6) is 0 Å². The lowest BCUT2D eigenvalue weighted by Crippen LogP contribution is -2.34. The maximum absolute atomic E-state index is 12.5. The number of nitrogens with zero attached hydrogens (tertiary/aromatic N) is 2. The van der Waals surface area contributed by atoms with Crippen molar-refractivity contribution in [3.8, 4) is 0 Å². The van der Waals surface area contributed by atoms with Gasteiger partial charge in [-0.15, -0.1) is 0 Å². The molecule has 0 bridgehead atoms. The maximum Gasteiger partial charge on any atom is 0.226 e. The number of aromatic nitrogens is 2. The Balaban J connectivity index is 1.40. The molecular formula is C16H19N5OS. The summed E-state index contributed by atoms with van der Waals surface area (Å²) in [5.41, 5.74) is 8.34. The second kappa shape index (κ2) is 6.35. The molecule has 3 N–H and O–H groups in total. The standard InChI is InChI=1S/C16H19N5OS/c22-15(17-8-12-10-21-6-7-23-16(21)19-12)13-9-18-20-14(13)11-4-2-1-3-5-11/h1-5,10,13-14,18,20H,6-9H2,(H,17,22). The fraction of sp³-hybridized carbons (Fsp3) is 0.375. The number of aryl methyl sites for hydroxylation is 1. The zero-order valence-electron chi connectivity index (χ0n) is 12.7. The number of benzene rings is 1. The number of rotatable bonds is 4. The van der Waals surface area contributed by atoms with Crippen molar-refractivity contribution in [2.45, 2.75) is 24.3 Å². The Morgan fingerprint density at radius 1 is 1.39 bits per heavy atom. The summed E-state index contributed by atoms with van der Waals surface area (Å²) in [6.45, 7) is 2.12. The van der Waals surface area contributed by atoms with Crippen molar-refractivity contribution < 1.29 is 4.79 Å². The summed E-state index contributed by atoms with van der Waals surface area (Å²) >= 11 is 1.77. The normalized spacial score (nSPS) is 23.0. The van der Waals surface area contributed by atoms with Crippen LogP contribution in [0.4, 0.5) is 0 Å². The molecule has 3 heterocycles. The molecule has 120 valence electrons. The van der Waals surface area contributed by atoms with Gasteiger partial charge in [0.25, 0.3) is 0 Å². The number of carbonyl (C=O) groups is 1. The van der Waals surface area contributed by atoms with Crippen molar-refractivity contribution >= 4 is 17.7 Å². The molecule has 4 rings (SSSR count). The van der Waals surface area contributed by atoms with E-state index in [1.165, 1.54) is 0 Å². The first-order valence-corrected chi connectivity index (χ1v) is 8.80. The molecule has 2 atom stereocenters. The predicted molar refractivity (Wildman–Crippen MR) is 88.6 cm³/mol. The van der Waals surface area contributed by atoms with Gasteiger partial charge in [-0.05, 0) is 5.56 Å². The van der Waals surface area contributed by atoms with Gasteiger partial charge < -0.3 is 9.88 Å². The number of hydrazine groups is 1. The molecule has 2 aromatic rings. The third-order valence-corrected chi connectivity index (χ3v) is 5.24. The van der Waals surface area contributed by atoms with E-state index >= 15 is 0 Å². The van der Waals surface area contributed by atoms with Crippen molar-refractivity contribution in [2.24, 2.45) is 5.92 Å². The first kappa shape index (κ1) is 14.7. The van der Waals surface area contributed by atoms with Crippen molar-refractivity contribution in [2.75, 3.05) is 12.3 Å². The Bertz CT molecular complexity index is 680. The number of fused-ring (bicyclic) bond motifs is 1. The van der Waals surface area contributed by atoms with E-state index in [9.17, 15) is 4.79 Å². The summed E-state index contributed by atoms with van der Waals surface area (Å²) in [6, 6.07) is 10.1. The smallest absolute Gasteiger partial charge is 0.226 e. The van der Waals surface area contributed by atoms with E-state index < -0.39 is 0 Å². The summed E-state index contributed by atoms with van der Waals surface area (Å²) in [4.78, 5) is 17.1. The van der Waals surface area contributed by atoms with Crippen molar-refractivity contribution in [1.82, 2.24) is 25.7 Å². The van der Waals surface area contributed by atoms with Gasteiger partial charge in [0.05, 0.1) is 24.2 Å². The molecule has 1 fully saturated rings. The average Bonchev–Trinajstić information content (AvgIpc) is 3.28. The number of imidazole rings is 1. The molecule has 1 aromatic carbocycles. The summed E-state index contributed by atoms with van der Waals surface area (Å²) in [7, 11) is 0. The van der Waals surface area contributed by atoms with Gasteiger partial charge in [0.2, 0.25) is 5.91 Å². The van der Waals surface area contributed by atoms with E-state index in [0.717, 1.165) is 28.7 Å². The summed E-state index contributed by atoms with van der Waals surface area (Å²) in [5.74, 6) is 1.02. The molecule has 0 radical (unpaired) electrons. The molecule has 0 aliphatic carbocycles. The van der Waals surface area contributed by atoms with Gasteiger partial charge in [-0.25, -0.2) is 10.4 Å². The van der Waals surface area contributed by atoms with Crippen LogP contribution < -0.4 is 16.2 Å². The van der Waals surface area contributed by atoms with Gasteiger partial charge in [0.15, 0.2) is 5.16 Å². The second-order valence-electron chi connectivity index (χ2n) is 5.79. The van der Waals surface area contributed by atoms with Gasteiger partial charge in [0.1, 0.15) is 0 Å². The van der Waals surface area contributed by atoms with Crippen molar-refractivity contribution in [1.29, 1.82) is 0 Å². The zero-order chi connectivity index (χ0) is 15.6. The van der Waals surface area contributed by atoms with Crippen molar-refractivity contribution in [3.63, 3.8) is 0 Å². The van der Waals surface area contributed by atoms with Gasteiger partial charge >= 0.3 is 0 Å². The van der Waals surface area contributed by atoms with Crippen LogP contribution in [0.2, 0.25) is 0 Å². The van der Waals surface area contributed by atoms with Crippen LogP contribution in [-0.2, 0) is 17.9 Å². The molecule has 23 heavy (non-hydrogen) atoms. The second-order valence-corrected chi connectivity index (χ2v) is 6.86. The zero-order valence-corrected chi connectivity index (χ0v) is 13.5. The Kier molecular flexibility index (Phi) is 4.07. The third kappa shape index (κ3) is 2.99. The lowest BCUT2D eigenvalue weighted by atomic mass is 9.94. The Morgan fingerprint density at radius 2 is 2.26 bits per heavy atom. The molecule has 0 spiro atoms. The van der Waals surface area contributed by atoms with Gasteiger partial charge in [0, 0.05) is 25.0 Å². The summed E-state index contributed by atoms with van der Waals surface area (Å²) in [5, 5.41) is 4.08. The molecule has 1 saturated heterocycles. The van der Waals surface area contributed by atoms with E-state index in [2.05, 4.69) is 25.7 Å². The van der Waals surface area contributed by atoms with Crippen molar-refractivity contribution in [3.05, 3.63) is 47.8 Å². The lowest BCUT2D eigenvalue weighted by molar-refractivity contribution is -0.125. The van der Waals surface area contributed by atoms with E-state index in [0.29, 0.717) is 13.1 Å². The topological polar surface area (TPSA) is 71.0 Å². The largest absolute Gasteiger partial charge is 0.350 e. The minimum Gasteiger partial charge on any atom is -0.350 e. The monoisotopic (exact) mass is 329 g/mol. The number of nitrogens with one attached hydrogen (secondary N) is 3. The maximum atomic E-state index is 12.5. The summed E-state index contributed by atoms with van der Waals surface area (Å²) < 4.78 is 2.15. The van der Waals surface area contributed by atoms with Crippen LogP contribution in [0.3, 0.4) is 0 Å². The Morgan fingerprint density at radius 3 is 3.09 bits per heavy atom. The number of carbonyl (C=O) groups excluding carboxylic acids is 1. The number of hydrogen-bond acceptors (Lipinski definition) is 5. The molecule has 6 nitrogen and oxygen atoms in total. The first-order chi connectivity index (χ1) is 11.3. The SMILES string of the molecule is O=C(NCc1cn2c(n1)SCC2)C1CNNC1c1ccccc1. The molecule has 1 amide bonds. The quantitative estimate of drug-likeness (QED) is 0.783. The van der Waals surface area contributed by atoms with E-state index in [-0.39, 0.29) is 17.9 Å². The molecule has 1 aromatic heterocycles. The number of amides is 1. The minimum absolute atomic E-state index is 0.00115. The average molecular weight is 329 g/mol. The predicted octanol–water partition coefficient (Wildman–Crippen LogP) is 1.07. The molecule has 0 saturated carbocycles. The van der Waals surface area contributed by atoms with E-state index in [1.54, 1.807) is 11.8 Å². The molecule has 2 aliphatic heterocycles. The van der Waals surface area contributed by atoms with E-state index in [4.69, 9.17) is 0 Å². The van der Waals surface area contributed by atoms with Crippen LogP contribution in [0.25, 0.3) is 0 Å². The first-order valence-electron chi connectivity index (χ1n) is 7.81. The fourth-order valence-corrected chi connectivity index (χ4v) is 4.04. The summed E-state index contributed by atoms with van der Waals surface area (Å²) in [6.07, 6.45) is 2.04. The molecular weight excluding hydrogens is 310 g/mol. The third-order valence-electron chi connectivity index (χ3n) is 4.27. The van der Waals surface area contributed by atoms with Gasteiger partial charge in [-0.2, -0.15) is 0 Å². The number of hydrogen-bond donors (Lipinski definition) is 3. The Labute approximate surface area is 139 Å².